The Kier molecular flexibility index (Phi) is 5.55. The van der Waals surface area contributed by atoms with E-state index in [1.54, 1.807) is 6.20 Å². The van der Waals surface area contributed by atoms with E-state index in [9.17, 15) is 4.79 Å². The Balaban J connectivity index is 2.87. The molecule has 100 valence electrons. The van der Waals surface area contributed by atoms with Crippen LogP contribution in [0.25, 0.3) is 0 Å². The van der Waals surface area contributed by atoms with Gasteiger partial charge in [-0.1, -0.05) is 13.8 Å². The number of hydrogen-bond donors (Lipinski definition) is 1. The van der Waals surface area contributed by atoms with Crippen molar-refractivity contribution in [2.75, 3.05) is 26.4 Å². The van der Waals surface area contributed by atoms with Gasteiger partial charge in [-0.3, -0.25) is 0 Å². The molecule has 1 rings (SSSR count). The highest BCUT2D eigenvalue weighted by Crippen LogP contribution is 2.22. The van der Waals surface area contributed by atoms with Gasteiger partial charge in [0.25, 0.3) is 0 Å². The van der Waals surface area contributed by atoms with Crippen molar-refractivity contribution in [3.8, 4) is 0 Å². The van der Waals surface area contributed by atoms with Gasteiger partial charge in [0.05, 0.1) is 4.90 Å². The summed E-state index contributed by atoms with van der Waals surface area (Å²) in [4.78, 5) is 22.2. The van der Waals surface area contributed by atoms with Crippen LogP contribution in [-0.4, -0.2) is 52.3 Å². The van der Waals surface area contributed by atoms with Gasteiger partial charge in [-0.05, 0) is 14.1 Å². The zero-order valence-corrected chi connectivity index (χ0v) is 12.0. The van der Waals surface area contributed by atoms with Crippen LogP contribution in [-0.2, 0) is 0 Å². The van der Waals surface area contributed by atoms with Crippen molar-refractivity contribution in [2.24, 2.45) is 0 Å². The van der Waals surface area contributed by atoms with E-state index < -0.39 is 5.97 Å². The molecular formula is C12H19N3O2S. The number of rotatable bonds is 6. The third-order valence-corrected chi connectivity index (χ3v) is 3.29. The van der Waals surface area contributed by atoms with Crippen LogP contribution in [0.2, 0.25) is 0 Å². The SMILES string of the molecule is CC(C)c1ncc(SCCN(C)C)c(C(=O)O)n1. The second-order valence-electron chi connectivity index (χ2n) is 4.55. The zero-order valence-electron chi connectivity index (χ0n) is 11.2. The average molecular weight is 269 g/mol. The largest absolute Gasteiger partial charge is 0.476 e. The molecule has 1 heterocycles. The van der Waals surface area contributed by atoms with E-state index in [0.717, 1.165) is 12.3 Å². The van der Waals surface area contributed by atoms with Gasteiger partial charge in [-0.15, -0.1) is 11.8 Å². The van der Waals surface area contributed by atoms with Gasteiger partial charge in [-0.2, -0.15) is 0 Å². The molecule has 1 aromatic rings. The molecule has 0 amide bonds. The summed E-state index contributed by atoms with van der Waals surface area (Å²) in [7, 11) is 3.97. The summed E-state index contributed by atoms with van der Waals surface area (Å²) >= 11 is 1.48. The van der Waals surface area contributed by atoms with Crippen molar-refractivity contribution in [3.63, 3.8) is 0 Å². The standard InChI is InChI=1S/C12H19N3O2S/c1-8(2)11-13-7-9(10(14-11)12(16)17)18-6-5-15(3)4/h7-8H,5-6H2,1-4H3,(H,16,17). The van der Waals surface area contributed by atoms with Crippen molar-refractivity contribution < 1.29 is 9.90 Å². The third-order valence-electron chi connectivity index (χ3n) is 2.29. The maximum absolute atomic E-state index is 11.2. The molecule has 0 aliphatic rings. The van der Waals surface area contributed by atoms with Crippen molar-refractivity contribution in [3.05, 3.63) is 17.7 Å². The van der Waals surface area contributed by atoms with Gasteiger partial charge in [0.2, 0.25) is 0 Å². The van der Waals surface area contributed by atoms with E-state index in [4.69, 9.17) is 5.11 Å². The molecular weight excluding hydrogens is 250 g/mol. The first-order valence-electron chi connectivity index (χ1n) is 5.79. The highest BCUT2D eigenvalue weighted by atomic mass is 32.2. The summed E-state index contributed by atoms with van der Waals surface area (Å²) in [5.41, 5.74) is 0.109. The molecule has 6 heteroatoms. The summed E-state index contributed by atoms with van der Waals surface area (Å²) in [5.74, 6) is 0.525. The molecule has 0 saturated carbocycles. The van der Waals surface area contributed by atoms with Gasteiger partial charge in [-0.25, -0.2) is 14.8 Å². The summed E-state index contributed by atoms with van der Waals surface area (Å²) in [6, 6.07) is 0. The van der Waals surface area contributed by atoms with Gasteiger partial charge < -0.3 is 10.0 Å². The quantitative estimate of drug-likeness (QED) is 0.796. The second-order valence-corrected chi connectivity index (χ2v) is 5.69. The normalized spacial score (nSPS) is 11.2. The smallest absolute Gasteiger partial charge is 0.355 e. The topological polar surface area (TPSA) is 66.3 Å². The lowest BCUT2D eigenvalue weighted by Gasteiger charge is -2.11. The predicted octanol–water partition coefficient (Wildman–Crippen LogP) is 1.95. The predicted molar refractivity (Wildman–Crippen MR) is 72.4 cm³/mol. The summed E-state index contributed by atoms with van der Waals surface area (Å²) in [6.07, 6.45) is 1.62. The Morgan fingerprint density at radius 1 is 1.50 bits per heavy atom. The Labute approximate surface area is 112 Å². The molecule has 0 unspecified atom stereocenters. The van der Waals surface area contributed by atoms with Crippen LogP contribution in [0.15, 0.2) is 11.1 Å². The Morgan fingerprint density at radius 2 is 2.17 bits per heavy atom. The fourth-order valence-corrected chi connectivity index (χ4v) is 2.33. The van der Waals surface area contributed by atoms with Crippen LogP contribution in [0, 0.1) is 0 Å². The van der Waals surface area contributed by atoms with E-state index in [1.165, 1.54) is 11.8 Å². The van der Waals surface area contributed by atoms with Crippen molar-refractivity contribution in [2.45, 2.75) is 24.7 Å². The molecule has 0 atom stereocenters. The molecule has 0 bridgehead atoms. The molecule has 0 saturated heterocycles. The molecule has 5 nitrogen and oxygen atoms in total. The van der Waals surface area contributed by atoms with Gasteiger partial charge in [0.15, 0.2) is 5.69 Å². The van der Waals surface area contributed by atoms with E-state index in [-0.39, 0.29) is 11.6 Å². The van der Waals surface area contributed by atoms with Crippen LogP contribution >= 0.6 is 11.8 Å². The minimum atomic E-state index is -0.994. The summed E-state index contributed by atoms with van der Waals surface area (Å²) in [5, 5.41) is 9.17. The molecule has 1 aromatic heterocycles. The number of aromatic carboxylic acids is 1. The number of aromatic nitrogens is 2. The van der Waals surface area contributed by atoms with E-state index in [1.807, 2.05) is 27.9 Å². The molecule has 0 aliphatic heterocycles. The molecule has 0 spiro atoms. The van der Waals surface area contributed by atoms with Gasteiger partial charge in [0.1, 0.15) is 5.82 Å². The molecule has 0 radical (unpaired) electrons. The van der Waals surface area contributed by atoms with E-state index in [0.29, 0.717) is 10.7 Å². The minimum absolute atomic E-state index is 0.109. The number of carboxylic acid groups (broad SMARTS) is 1. The summed E-state index contributed by atoms with van der Waals surface area (Å²) in [6.45, 7) is 4.77. The third kappa shape index (κ3) is 4.27. The Bertz CT molecular complexity index is 422. The van der Waals surface area contributed by atoms with E-state index in [2.05, 4.69) is 14.9 Å². The Morgan fingerprint density at radius 3 is 2.67 bits per heavy atom. The molecule has 0 aliphatic carbocycles. The monoisotopic (exact) mass is 269 g/mol. The fourth-order valence-electron chi connectivity index (χ4n) is 1.26. The average Bonchev–Trinajstić information content (AvgIpc) is 2.28. The summed E-state index contributed by atoms with van der Waals surface area (Å²) < 4.78 is 0. The Hall–Kier alpha value is -1.14. The molecule has 1 N–H and O–H groups in total. The van der Waals surface area contributed by atoms with Crippen LogP contribution in [0.1, 0.15) is 36.1 Å². The zero-order chi connectivity index (χ0) is 13.7. The first-order chi connectivity index (χ1) is 8.41. The minimum Gasteiger partial charge on any atom is -0.476 e. The maximum Gasteiger partial charge on any atom is 0.355 e. The van der Waals surface area contributed by atoms with Crippen LogP contribution < -0.4 is 0 Å². The van der Waals surface area contributed by atoms with Crippen LogP contribution in [0.5, 0.6) is 0 Å². The van der Waals surface area contributed by atoms with Gasteiger partial charge in [0, 0.05) is 24.4 Å². The maximum atomic E-state index is 11.2. The number of carbonyl (C=O) groups is 1. The lowest BCUT2D eigenvalue weighted by molar-refractivity contribution is 0.0685. The number of carboxylic acids is 1. The first kappa shape index (κ1) is 14.9. The van der Waals surface area contributed by atoms with Crippen molar-refractivity contribution >= 4 is 17.7 Å². The van der Waals surface area contributed by atoms with Crippen LogP contribution in [0.3, 0.4) is 0 Å². The molecule has 18 heavy (non-hydrogen) atoms. The highest BCUT2D eigenvalue weighted by molar-refractivity contribution is 7.99. The van der Waals surface area contributed by atoms with E-state index >= 15 is 0 Å². The van der Waals surface area contributed by atoms with Crippen LogP contribution in [0.4, 0.5) is 0 Å². The van der Waals surface area contributed by atoms with Gasteiger partial charge >= 0.3 is 5.97 Å². The first-order valence-corrected chi connectivity index (χ1v) is 6.78. The second kappa shape index (κ2) is 6.70. The number of nitrogens with zero attached hydrogens (tertiary/aromatic N) is 3. The van der Waals surface area contributed by atoms with Crippen molar-refractivity contribution in [1.82, 2.24) is 14.9 Å². The highest BCUT2D eigenvalue weighted by Gasteiger charge is 2.15. The fraction of sp³-hybridized carbons (Fsp3) is 0.583. The van der Waals surface area contributed by atoms with Crippen molar-refractivity contribution in [1.29, 1.82) is 0 Å². The molecule has 0 aromatic carbocycles. The molecule has 0 fully saturated rings. The number of thioether (sulfide) groups is 1. The lowest BCUT2D eigenvalue weighted by Crippen LogP contribution is -2.15. The number of hydrogen-bond acceptors (Lipinski definition) is 5. The lowest BCUT2D eigenvalue weighted by atomic mass is 10.2.